The molecule has 1 aromatic carbocycles. The summed E-state index contributed by atoms with van der Waals surface area (Å²) in [5, 5.41) is 1.83. The van der Waals surface area contributed by atoms with Gasteiger partial charge in [-0.05, 0) is 33.6 Å². The second-order valence-electron chi connectivity index (χ2n) is 4.14. The van der Waals surface area contributed by atoms with E-state index in [9.17, 15) is 8.42 Å². The van der Waals surface area contributed by atoms with Crippen molar-refractivity contribution in [1.29, 1.82) is 0 Å². The number of hydrogen-bond donors (Lipinski definition) is 0. The molecule has 0 bridgehead atoms. The summed E-state index contributed by atoms with van der Waals surface area (Å²) in [5.41, 5.74) is 3.17. The minimum Gasteiger partial charge on any atom is -0.248 e. The summed E-state index contributed by atoms with van der Waals surface area (Å²) >= 11 is 10.5. The van der Waals surface area contributed by atoms with Gasteiger partial charge in [0.2, 0.25) is 10.0 Å². The van der Waals surface area contributed by atoms with E-state index in [4.69, 9.17) is 11.6 Å². The SMILES string of the molecule is CN(Cc1cscn1)S(=O)(=O)c1cc(CCl)ccc1Br. The van der Waals surface area contributed by atoms with E-state index >= 15 is 0 Å². The molecule has 0 atom stereocenters. The number of rotatable bonds is 5. The Morgan fingerprint density at radius 3 is 2.80 bits per heavy atom. The molecule has 0 N–H and O–H groups in total. The predicted molar refractivity (Wildman–Crippen MR) is 84.5 cm³/mol. The zero-order valence-electron chi connectivity index (χ0n) is 10.6. The van der Waals surface area contributed by atoms with Crippen LogP contribution in [0.25, 0.3) is 0 Å². The van der Waals surface area contributed by atoms with Gasteiger partial charge >= 0.3 is 0 Å². The van der Waals surface area contributed by atoms with E-state index in [0.29, 0.717) is 4.47 Å². The Labute approximate surface area is 135 Å². The Bertz CT molecular complexity index is 689. The summed E-state index contributed by atoms with van der Waals surface area (Å²) < 4.78 is 27.0. The molecule has 20 heavy (non-hydrogen) atoms. The van der Waals surface area contributed by atoms with Crippen LogP contribution in [0.5, 0.6) is 0 Å². The van der Waals surface area contributed by atoms with Gasteiger partial charge in [0.25, 0.3) is 0 Å². The maximum atomic E-state index is 12.6. The average Bonchev–Trinajstić information content (AvgIpc) is 2.92. The summed E-state index contributed by atoms with van der Waals surface area (Å²) in [4.78, 5) is 4.32. The summed E-state index contributed by atoms with van der Waals surface area (Å²) in [6, 6.07) is 5.07. The third kappa shape index (κ3) is 3.40. The van der Waals surface area contributed by atoms with Crippen molar-refractivity contribution < 1.29 is 8.42 Å². The molecule has 0 unspecified atom stereocenters. The van der Waals surface area contributed by atoms with E-state index in [0.717, 1.165) is 11.3 Å². The number of aromatic nitrogens is 1. The normalized spacial score (nSPS) is 12.0. The standard InChI is InChI=1S/C12H12BrClN2O2S2/c1-16(6-10-7-19-8-15-10)20(17,18)12-4-9(5-14)2-3-11(12)13/h2-4,7-8H,5-6H2,1H3. The van der Waals surface area contributed by atoms with Crippen LogP contribution >= 0.6 is 38.9 Å². The van der Waals surface area contributed by atoms with Crippen molar-refractivity contribution in [2.24, 2.45) is 0 Å². The van der Waals surface area contributed by atoms with Gasteiger partial charge in [-0.15, -0.1) is 22.9 Å². The van der Waals surface area contributed by atoms with E-state index in [1.54, 1.807) is 23.7 Å². The molecule has 0 aliphatic rings. The highest BCUT2D eigenvalue weighted by Crippen LogP contribution is 2.27. The first kappa shape index (κ1) is 15.9. The second kappa shape index (κ2) is 6.53. The van der Waals surface area contributed by atoms with Crippen molar-refractivity contribution in [3.05, 3.63) is 44.8 Å². The lowest BCUT2D eigenvalue weighted by molar-refractivity contribution is 0.462. The molecular formula is C12H12BrClN2O2S2. The smallest absolute Gasteiger partial charge is 0.244 e. The van der Waals surface area contributed by atoms with Gasteiger partial charge in [0.15, 0.2) is 0 Å². The maximum Gasteiger partial charge on any atom is 0.244 e. The topological polar surface area (TPSA) is 50.3 Å². The van der Waals surface area contributed by atoms with Crippen molar-refractivity contribution in [2.45, 2.75) is 17.3 Å². The molecule has 0 aliphatic heterocycles. The molecule has 0 saturated heterocycles. The average molecular weight is 396 g/mol. The summed E-state index contributed by atoms with van der Waals surface area (Å²) in [6.45, 7) is 0.239. The molecule has 1 heterocycles. The minimum atomic E-state index is -3.59. The number of alkyl halides is 1. The Morgan fingerprint density at radius 1 is 1.45 bits per heavy atom. The second-order valence-corrected chi connectivity index (χ2v) is 7.99. The Hall–Kier alpha value is -0.470. The third-order valence-electron chi connectivity index (χ3n) is 2.71. The molecule has 108 valence electrons. The lowest BCUT2D eigenvalue weighted by atomic mass is 10.2. The monoisotopic (exact) mass is 394 g/mol. The predicted octanol–water partition coefficient (Wildman–Crippen LogP) is 3.47. The zero-order chi connectivity index (χ0) is 14.8. The highest BCUT2D eigenvalue weighted by molar-refractivity contribution is 9.10. The van der Waals surface area contributed by atoms with Gasteiger partial charge in [-0.3, -0.25) is 0 Å². The zero-order valence-corrected chi connectivity index (χ0v) is 14.6. The molecule has 0 fully saturated rings. The van der Waals surface area contributed by atoms with Gasteiger partial charge in [-0.2, -0.15) is 4.31 Å². The molecule has 8 heteroatoms. The van der Waals surface area contributed by atoms with Gasteiger partial charge in [0.1, 0.15) is 0 Å². The minimum absolute atomic E-state index is 0.216. The van der Waals surface area contributed by atoms with Crippen LogP contribution in [0.15, 0.2) is 38.5 Å². The number of benzene rings is 1. The van der Waals surface area contributed by atoms with E-state index in [2.05, 4.69) is 20.9 Å². The fourth-order valence-corrected chi connectivity index (χ4v) is 4.45. The molecule has 2 rings (SSSR count). The summed E-state index contributed by atoms with van der Waals surface area (Å²) in [5.74, 6) is 0.269. The molecule has 4 nitrogen and oxygen atoms in total. The highest BCUT2D eigenvalue weighted by Gasteiger charge is 2.24. The first-order valence-corrected chi connectivity index (χ1v) is 9.34. The van der Waals surface area contributed by atoms with Crippen LogP contribution in [0, 0.1) is 0 Å². The van der Waals surface area contributed by atoms with Gasteiger partial charge < -0.3 is 0 Å². The highest BCUT2D eigenvalue weighted by atomic mass is 79.9. The Kier molecular flexibility index (Phi) is 5.19. The lowest BCUT2D eigenvalue weighted by Gasteiger charge is -2.17. The molecule has 0 amide bonds. The van der Waals surface area contributed by atoms with Crippen LogP contribution in [-0.2, 0) is 22.4 Å². The van der Waals surface area contributed by atoms with Crippen LogP contribution in [0.3, 0.4) is 0 Å². The molecular weight excluding hydrogens is 384 g/mol. The van der Waals surface area contributed by atoms with Crippen LogP contribution in [0.4, 0.5) is 0 Å². The molecule has 2 aromatic rings. The van der Waals surface area contributed by atoms with E-state index in [-0.39, 0.29) is 17.3 Å². The van der Waals surface area contributed by atoms with E-state index < -0.39 is 10.0 Å². The van der Waals surface area contributed by atoms with Crippen molar-refractivity contribution in [3.63, 3.8) is 0 Å². The van der Waals surface area contributed by atoms with Gasteiger partial charge in [0.05, 0.1) is 22.6 Å². The van der Waals surface area contributed by atoms with Crippen molar-refractivity contribution in [2.75, 3.05) is 7.05 Å². The number of thiazole rings is 1. The van der Waals surface area contributed by atoms with Gasteiger partial charge in [0, 0.05) is 22.8 Å². The van der Waals surface area contributed by atoms with Crippen molar-refractivity contribution >= 4 is 48.9 Å². The van der Waals surface area contributed by atoms with E-state index in [1.807, 2.05) is 5.38 Å². The first-order chi connectivity index (χ1) is 9.45. The number of halogens is 2. The third-order valence-corrected chi connectivity index (χ3v) is 6.45. The van der Waals surface area contributed by atoms with Crippen molar-refractivity contribution in [3.8, 4) is 0 Å². The Morgan fingerprint density at radius 2 is 2.20 bits per heavy atom. The van der Waals surface area contributed by atoms with Crippen molar-refractivity contribution in [1.82, 2.24) is 9.29 Å². The molecule has 1 aromatic heterocycles. The molecule has 0 radical (unpaired) electrons. The fraction of sp³-hybridized carbons (Fsp3) is 0.250. The molecule has 0 aliphatic carbocycles. The Balaban J connectivity index is 2.34. The molecule has 0 saturated carbocycles. The number of nitrogens with zero attached hydrogens (tertiary/aromatic N) is 2. The quantitative estimate of drug-likeness (QED) is 0.728. The first-order valence-electron chi connectivity index (χ1n) is 5.63. The van der Waals surface area contributed by atoms with Crippen LogP contribution in [0.1, 0.15) is 11.3 Å². The largest absolute Gasteiger partial charge is 0.248 e. The number of hydrogen-bond acceptors (Lipinski definition) is 4. The van der Waals surface area contributed by atoms with Gasteiger partial charge in [-0.1, -0.05) is 6.07 Å². The molecule has 0 spiro atoms. The summed E-state index contributed by atoms with van der Waals surface area (Å²) in [6.07, 6.45) is 0. The maximum absolute atomic E-state index is 12.6. The lowest BCUT2D eigenvalue weighted by Crippen LogP contribution is -2.27. The van der Waals surface area contributed by atoms with Crippen LogP contribution in [0.2, 0.25) is 0 Å². The van der Waals surface area contributed by atoms with E-state index in [1.165, 1.54) is 22.7 Å². The fourth-order valence-electron chi connectivity index (χ4n) is 1.63. The summed E-state index contributed by atoms with van der Waals surface area (Å²) in [7, 11) is -2.05. The van der Waals surface area contributed by atoms with Crippen LogP contribution < -0.4 is 0 Å². The van der Waals surface area contributed by atoms with Crippen LogP contribution in [-0.4, -0.2) is 24.8 Å². The number of sulfonamides is 1. The van der Waals surface area contributed by atoms with Gasteiger partial charge in [-0.25, -0.2) is 13.4 Å².